The lowest BCUT2D eigenvalue weighted by atomic mass is 10.3. The smallest absolute Gasteiger partial charge is 0.126 e. The van der Waals surface area contributed by atoms with Crippen molar-refractivity contribution in [3.05, 3.63) is 29.8 Å². The number of hydrogen-bond donors (Lipinski definition) is 1. The topological polar surface area (TPSA) is 24.9 Å². The summed E-state index contributed by atoms with van der Waals surface area (Å²) in [6.45, 7) is 4.70. The van der Waals surface area contributed by atoms with E-state index in [0.29, 0.717) is 12.6 Å². The second kappa shape index (κ2) is 4.16. The van der Waals surface area contributed by atoms with E-state index >= 15 is 0 Å². The van der Waals surface area contributed by atoms with Crippen molar-refractivity contribution in [3.8, 4) is 0 Å². The average Bonchev–Trinajstić information content (AvgIpc) is 2.01. The van der Waals surface area contributed by atoms with Gasteiger partial charge in [-0.3, -0.25) is 4.98 Å². The molecule has 1 aromatic heterocycles. The van der Waals surface area contributed by atoms with Crippen LogP contribution in [-0.2, 0) is 6.54 Å². The van der Waals surface area contributed by atoms with E-state index in [1.807, 2.05) is 13.8 Å². The minimum atomic E-state index is -0.231. The number of nitrogens with one attached hydrogen (secondary N) is 1. The molecule has 0 saturated carbocycles. The quantitative estimate of drug-likeness (QED) is 0.743. The largest absolute Gasteiger partial charge is 0.309 e. The molecule has 0 aromatic carbocycles. The average molecular weight is 168 g/mol. The van der Waals surface area contributed by atoms with E-state index in [-0.39, 0.29) is 5.82 Å². The summed E-state index contributed by atoms with van der Waals surface area (Å²) in [5.74, 6) is -0.231. The van der Waals surface area contributed by atoms with E-state index < -0.39 is 0 Å². The Hall–Kier alpha value is -0.960. The molecule has 1 aromatic rings. The molecule has 0 aliphatic heterocycles. The van der Waals surface area contributed by atoms with Gasteiger partial charge >= 0.3 is 0 Å². The molecule has 3 heteroatoms. The summed E-state index contributed by atoms with van der Waals surface area (Å²) in [4.78, 5) is 4.01. The van der Waals surface area contributed by atoms with Crippen LogP contribution in [0.15, 0.2) is 18.3 Å². The van der Waals surface area contributed by atoms with Crippen LogP contribution in [0.25, 0.3) is 0 Å². The molecule has 1 N–H and O–H groups in total. The maximum Gasteiger partial charge on any atom is 0.126 e. The zero-order valence-corrected chi connectivity index (χ0v) is 7.34. The monoisotopic (exact) mass is 168 g/mol. The first-order chi connectivity index (χ1) is 5.68. The van der Waals surface area contributed by atoms with Gasteiger partial charge in [-0.15, -0.1) is 0 Å². The second-order valence-corrected chi connectivity index (χ2v) is 3.00. The Morgan fingerprint density at radius 2 is 2.33 bits per heavy atom. The van der Waals surface area contributed by atoms with Crippen molar-refractivity contribution in [2.75, 3.05) is 0 Å². The van der Waals surface area contributed by atoms with Crippen LogP contribution in [0.1, 0.15) is 19.5 Å². The summed E-state index contributed by atoms with van der Waals surface area (Å²) in [6.07, 6.45) is 1.48. The van der Waals surface area contributed by atoms with E-state index in [1.54, 1.807) is 0 Å². The molecule has 1 heterocycles. The summed E-state index contributed by atoms with van der Waals surface area (Å²) in [5, 5.41) is 3.16. The van der Waals surface area contributed by atoms with E-state index in [9.17, 15) is 4.39 Å². The first kappa shape index (κ1) is 9.13. The maximum absolute atomic E-state index is 12.6. The van der Waals surface area contributed by atoms with E-state index in [4.69, 9.17) is 0 Å². The Balaban J connectivity index is 2.52. The van der Waals surface area contributed by atoms with E-state index in [0.717, 1.165) is 5.69 Å². The van der Waals surface area contributed by atoms with Crippen molar-refractivity contribution in [2.24, 2.45) is 0 Å². The highest BCUT2D eigenvalue weighted by Gasteiger charge is 1.97. The fourth-order valence-corrected chi connectivity index (χ4v) is 0.854. The molecule has 0 atom stereocenters. The third kappa shape index (κ3) is 2.96. The first-order valence-corrected chi connectivity index (χ1v) is 4.02. The minimum Gasteiger partial charge on any atom is -0.309 e. The van der Waals surface area contributed by atoms with Crippen molar-refractivity contribution >= 4 is 0 Å². The van der Waals surface area contributed by atoms with Crippen molar-refractivity contribution in [1.29, 1.82) is 0 Å². The summed E-state index contributed by atoms with van der Waals surface area (Å²) < 4.78 is 12.6. The highest BCUT2D eigenvalue weighted by molar-refractivity contribution is 5.05. The van der Waals surface area contributed by atoms with Crippen molar-refractivity contribution in [2.45, 2.75) is 26.4 Å². The zero-order chi connectivity index (χ0) is 8.97. The zero-order valence-electron chi connectivity index (χ0n) is 7.34. The Kier molecular flexibility index (Phi) is 3.17. The number of hydrogen-bond acceptors (Lipinski definition) is 2. The lowest BCUT2D eigenvalue weighted by Crippen LogP contribution is -2.22. The summed E-state index contributed by atoms with van der Waals surface area (Å²) >= 11 is 0. The fourth-order valence-electron chi connectivity index (χ4n) is 0.854. The van der Waals surface area contributed by atoms with Gasteiger partial charge in [-0.1, -0.05) is 13.8 Å². The molecule has 2 nitrogen and oxygen atoms in total. The molecule has 66 valence electrons. The third-order valence-corrected chi connectivity index (χ3v) is 1.47. The number of pyridine rings is 1. The Labute approximate surface area is 71.8 Å². The normalized spacial score (nSPS) is 10.7. The molecule has 0 aliphatic rings. The van der Waals surface area contributed by atoms with Crippen LogP contribution in [-0.4, -0.2) is 11.0 Å². The fraction of sp³-hybridized carbons (Fsp3) is 0.444. The van der Waals surface area contributed by atoms with E-state index in [1.165, 1.54) is 18.3 Å². The summed E-state index contributed by atoms with van der Waals surface area (Å²) in [7, 11) is 0. The maximum atomic E-state index is 12.6. The van der Waals surface area contributed by atoms with Gasteiger partial charge in [-0.2, -0.15) is 0 Å². The third-order valence-electron chi connectivity index (χ3n) is 1.47. The Bertz CT molecular complexity index is 248. The second-order valence-electron chi connectivity index (χ2n) is 3.00. The van der Waals surface area contributed by atoms with Gasteiger partial charge in [0.2, 0.25) is 0 Å². The minimum absolute atomic E-state index is 0.231. The predicted octanol–water partition coefficient (Wildman–Crippen LogP) is 1.72. The predicted molar refractivity (Wildman–Crippen MR) is 46.2 cm³/mol. The van der Waals surface area contributed by atoms with Crippen molar-refractivity contribution in [3.63, 3.8) is 0 Å². The molecule has 0 radical (unpaired) electrons. The number of aromatic nitrogens is 1. The number of nitrogens with zero attached hydrogens (tertiary/aromatic N) is 1. The molecule has 0 fully saturated rings. The molecule has 0 unspecified atom stereocenters. The van der Waals surface area contributed by atoms with Crippen LogP contribution in [0, 0.1) is 5.82 Å². The Morgan fingerprint density at radius 3 is 2.92 bits per heavy atom. The van der Waals surface area contributed by atoms with Gasteiger partial charge in [0, 0.05) is 18.8 Å². The molecule has 0 aliphatic carbocycles. The lowest BCUT2D eigenvalue weighted by molar-refractivity contribution is 0.572. The van der Waals surface area contributed by atoms with Crippen molar-refractivity contribution < 1.29 is 4.39 Å². The van der Waals surface area contributed by atoms with Gasteiger partial charge in [0.05, 0.1) is 5.69 Å². The van der Waals surface area contributed by atoms with Crippen molar-refractivity contribution in [1.82, 2.24) is 10.3 Å². The lowest BCUT2D eigenvalue weighted by Gasteiger charge is -2.06. The molecule has 1 rings (SSSR count). The highest BCUT2D eigenvalue weighted by atomic mass is 19.1. The van der Waals surface area contributed by atoms with Crippen LogP contribution in [0.3, 0.4) is 0 Å². The SMILES string of the molecule is CC(C)NCc1cc(F)ccn1. The first-order valence-electron chi connectivity index (χ1n) is 4.02. The van der Waals surface area contributed by atoms with Gasteiger partial charge in [-0.25, -0.2) is 4.39 Å². The van der Waals surface area contributed by atoms with Crippen LogP contribution in [0.4, 0.5) is 4.39 Å². The van der Waals surface area contributed by atoms with E-state index in [2.05, 4.69) is 10.3 Å². The Morgan fingerprint density at radius 1 is 1.58 bits per heavy atom. The molecule has 0 amide bonds. The van der Waals surface area contributed by atoms with Gasteiger partial charge in [0.1, 0.15) is 5.82 Å². The molecule has 0 saturated heterocycles. The number of halogens is 1. The molecule has 0 bridgehead atoms. The van der Waals surface area contributed by atoms with Gasteiger partial charge in [0.15, 0.2) is 0 Å². The molecular weight excluding hydrogens is 155 g/mol. The van der Waals surface area contributed by atoms with Crippen LogP contribution in [0.5, 0.6) is 0 Å². The number of rotatable bonds is 3. The molecular formula is C9H13FN2. The molecule has 12 heavy (non-hydrogen) atoms. The molecule has 0 spiro atoms. The summed E-state index contributed by atoms with van der Waals surface area (Å²) in [6, 6.07) is 3.18. The highest BCUT2D eigenvalue weighted by Crippen LogP contribution is 1.98. The van der Waals surface area contributed by atoms with Crippen LogP contribution >= 0.6 is 0 Å². The van der Waals surface area contributed by atoms with Gasteiger partial charge in [0.25, 0.3) is 0 Å². The van der Waals surface area contributed by atoms with Crippen LogP contribution in [0.2, 0.25) is 0 Å². The van der Waals surface area contributed by atoms with Crippen LogP contribution < -0.4 is 5.32 Å². The summed E-state index contributed by atoms with van der Waals surface area (Å²) in [5.41, 5.74) is 0.740. The standard InChI is InChI=1S/C9H13FN2/c1-7(2)12-6-9-5-8(10)3-4-11-9/h3-5,7,12H,6H2,1-2H3. The van der Waals surface area contributed by atoms with Gasteiger partial charge in [-0.05, 0) is 12.1 Å². The van der Waals surface area contributed by atoms with Gasteiger partial charge < -0.3 is 5.32 Å².